The number of benzene rings is 2. The Morgan fingerprint density at radius 1 is 1.08 bits per heavy atom. The molecule has 0 saturated carbocycles. The average molecular weight is 393 g/mol. The minimum Gasteiger partial charge on any atom is -0.322 e. The standard InChI is InChI=1S/C15H12ClF3N2O3S/c1-25(23,24)21-13-8-9(2-7-12(13)16)14(22)20-11-5-3-10(4-6-11)15(17,18)19/h2-8,21H,1H3,(H,20,22). The van der Waals surface area contributed by atoms with E-state index in [1.54, 1.807) is 0 Å². The van der Waals surface area contributed by atoms with Gasteiger partial charge in [-0.15, -0.1) is 0 Å². The summed E-state index contributed by atoms with van der Waals surface area (Å²) in [5.74, 6) is -0.632. The van der Waals surface area contributed by atoms with Gasteiger partial charge in [-0.2, -0.15) is 13.2 Å². The summed E-state index contributed by atoms with van der Waals surface area (Å²) in [4.78, 5) is 12.2. The van der Waals surface area contributed by atoms with Gasteiger partial charge in [0.05, 0.1) is 22.5 Å². The molecule has 134 valence electrons. The number of nitrogens with one attached hydrogen (secondary N) is 2. The highest BCUT2D eigenvalue weighted by Crippen LogP contribution is 2.30. The zero-order valence-electron chi connectivity index (χ0n) is 12.7. The minimum atomic E-state index is -4.47. The molecule has 0 aromatic heterocycles. The topological polar surface area (TPSA) is 75.3 Å². The molecule has 0 fully saturated rings. The van der Waals surface area contributed by atoms with E-state index in [9.17, 15) is 26.4 Å². The number of halogens is 4. The smallest absolute Gasteiger partial charge is 0.322 e. The van der Waals surface area contributed by atoms with Crippen LogP contribution in [0.25, 0.3) is 0 Å². The van der Waals surface area contributed by atoms with Gasteiger partial charge in [-0.05, 0) is 42.5 Å². The molecule has 0 spiro atoms. The third kappa shape index (κ3) is 5.36. The highest BCUT2D eigenvalue weighted by Gasteiger charge is 2.30. The lowest BCUT2D eigenvalue weighted by Gasteiger charge is -2.11. The van der Waals surface area contributed by atoms with Crippen LogP contribution < -0.4 is 10.0 Å². The fourth-order valence-electron chi connectivity index (χ4n) is 1.89. The maximum absolute atomic E-state index is 12.5. The van der Waals surface area contributed by atoms with Crippen molar-refractivity contribution in [1.82, 2.24) is 0 Å². The van der Waals surface area contributed by atoms with E-state index >= 15 is 0 Å². The van der Waals surface area contributed by atoms with Crippen molar-refractivity contribution < 1.29 is 26.4 Å². The van der Waals surface area contributed by atoms with Crippen LogP contribution in [-0.4, -0.2) is 20.6 Å². The molecule has 2 rings (SSSR count). The molecule has 10 heteroatoms. The number of hydrogen-bond acceptors (Lipinski definition) is 3. The van der Waals surface area contributed by atoms with Gasteiger partial charge in [0, 0.05) is 11.3 Å². The van der Waals surface area contributed by atoms with Crippen molar-refractivity contribution in [3.8, 4) is 0 Å². The molecule has 5 nitrogen and oxygen atoms in total. The maximum Gasteiger partial charge on any atom is 0.416 e. The van der Waals surface area contributed by atoms with E-state index in [-0.39, 0.29) is 22.0 Å². The number of hydrogen-bond donors (Lipinski definition) is 2. The highest BCUT2D eigenvalue weighted by molar-refractivity contribution is 7.92. The maximum atomic E-state index is 12.5. The molecule has 25 heavy (non-hydrogen) atoms. The van der Waals surface area contributed by atoms with Crippen LogP contribution in [0, 0.1) is 0 Å². The summed E-state index contributed by atoms with van der Waals surface area (Å²) < 4.78 is 62.2. The van der Waals surface area contributed by atoms with E-state index in [1.807, 2.05) is 0 Å². The number of anilines is 2. The van der Waals surface area contributed by atoms with Gasteiger partial charge in [-0.1, -0.05) is 11.6 Å². The van der Waals surface area contributed by atoms with Gasteiger partial charge in [0.15, 0.2) is 0 Å². The van der Waals surface area contributed by atoms with Crippen molar-refractivity contribution in [1.29, 1.82) is 0 Å². The molecule has 0 unspecified atom stereocenters. The van der Waals surface area contributed by atoms with Crippen molar-refractivity contribution in [2.75, 3.05) is 16.3 Å². The van der Waals surface area contributed by atoms with Gasteiger partial charge in [0.25, 0.3) is 5.91 Å². The number of amides is 1. The summed E-state index contributed by atoms with van der Waals surface area (Å²) in [6.07, 6.45) is -3.54. The van der Waals surface area contributed by atoms with Gasteiger partial charge in [0.2, 0.25) is 10.0 Å². The van der Waals surface area contributed by atoms with Gasteiger partial charge in [-0.25, -0.2) is 8.42 Å². The van der Waals surface area contributed by atoms with Crippen molar-refractivity contribution >= 4 is 38.9 Å². The van der Waals surface area contributed by atoms with E-state index in [1.165, 1.54) is 18.2 Å². The number of sulfonamides is 1. The first-order valence-corrected chi connectivity index (χ1v) is 8.98. The summed E-state index contributed by atoms with van der Waals surface area (Å²) in [5.41, 5.74) is -0.582. The molecular weight excluding hydrogens is 381 g/mol. The van der Waals surface area contributed by atoms with E-state index < -0.39 is 27.7 Å². The third-order valence-electron chi connectivity index (χ3n) is 2.99. The molecule has 0 aliphatic heterocycles. The van der Waals surface area contributed by atoms with Crippen molar-refractivity contribution in [2.45, 2.75) is 6.18 Å². The molecule has 0 aliphatic carbocycles. The summed E-state index contributed by atoms with van der Waals surface area (Å²) >= 11 is 5.86. The van der Waals surface area contributed by atoms with Gasteiger partial charge < -0.3 is 5.32 Å². The summed E-state index contributed by atoms with van der Waals surface area (Å²) in [5, 5.41) is 2.51. The van der Waals surface area contributed by atoms with E-state index in [0.717, 1.165) is 30.5 Å². The van der Waals surface area contributed by atoms with Crippen LogP contribution in [0.2, 0.25) is 5.02 Å². The predicted molar refractivity (Wildman–Crippen MR) is 89.3 cm³/mol. The molecule has 2 N–H and O–H groups in total. The van der Waals surface area contributed by atoms with E-state index in [4.69, 9.17) is 11.6 Å². The fraction of sp³-hybridized carbons (Fsp3) is 0.133. The van der Waals surface area contributed by atoms with Gasteiger partial charge in [0.1, 0.15) is 0 Å². The van der Waals surface area contributed by atoms with Crippen LogP contribution >= 0.6 is 11.6 Å². The first-order chi connectivity index (χ1) is 11.5. The fourth-order valence-corrected chi connectivity index (χ4v) is 2.68. The summed E-state index contributed by atoms with van der Waals surface area (Å²) in [7, 11) is -3.59. The third-order valence-corrected chi connectivity index (χ3v) is 3.91. The lowest BCUT2D eigenvalue weighted by molar-refractivity contribution is -0.137. The second-order valence-corrected chi connectivity index (χ2v) is 7.25. The van der Waals surface area contributed by atoms with Gasteiger partial charge in [-0.3, -0.25) is 9.52 Å². The van der Waals surface area contributed by atoms with Crippen LogP contribution in [0.5, 0.6) is 0 Å². The zero-order valence-corrected chi connectivity index (χ0v) is 14.3. The minimum absolute atomic E-state index is 0.0178. The Balaban J connectivity index is 2.19. The predicted octanol–water partition coefficient (Wildman–Crippen LogP) is 3.98. The van der Waals surface area contributed by atoms with E-state index in [0.29, 0.717) is 0 Å². The van der Waals surface area contributed by atoms with Crippen molar-refractivity contribution in [3.05, 3.63) is 58.6 Å². The molecule has 0 aliphatic rings. The Bertz CT molecular complexity index is 897. The Kier molecular flexibility index (Phi) is 5.28. The van der Waals surface area contributed by atoms with E-state index in [2.05, 4.69) is 10.0 Å². The Morgan fingerprint density at radius 3 is 2.20 bits per heavy atom. The average Bonchev–Trinajstić information content (AvgIpc) is 2.47. The highest BCUT2D eigenvalue weighted by atomic mass is 35.5. The number of rotatable bonds is 4. The number of carbonyl (C=O) groups is 1. The largest absolute Gasteiger partial charge is 0.416 e. The first-order valence-electron chi connectivity index (χ1n) is 6.72. The second kappa shape index (κ2) is 6.93. The zero-order chi connectivity index (χ0) is 18.8. The molecule has 0 bridgehead atoms. The monoisotopic (exact) mass is 392 g/mol. The SMILES string of the molecule is CS(=O)(=O)Nc1cc(C(=O)Nc2ccc(C(F)(F)F)cc2)ccc1Cl. The summed E-state index contributed by atoms with van der Waals surface area (Å²) in [6, 6.07) is 7.83. The molecule has 2 aromatic rings. The lowest BCUT2D eigenvalue weighted by Crippen LogP contribution is -2.14. The molecule has 1 amide bonds. The van der Waals surface area contributed by atoms with Crippen molar-refractivity contribution in [3.63, 3.8) is 0 Å². The van der Waals surface area contributed by atoms with Gasteiger partial charge >= 0.3 is 6.18 Å². The molecule has 0 atom stereocenters. The quantitative estimate of drug-likeness (QED) is 0.826. The molecule has 0 radical (unpaired) electrons. The first kappa shape index (κ1) is 19.1. The second-order valence-electron chi connectivity index (χ2n) is 5.10. The molecular formula is C15H12ClF3N2O3S. The van der Waals surface area contributed by atoms with Crippen LogP contribution in [0.15, 0.2) is 42.5 Å². The van der Waals surface area contributed by atoms with Crippen molar-refractivity contribution in [2.24, 2.45) is 0 Å². The Hall–Kier alpha value is -2.26. The molecule has 0 saturated heterocycles. The molecule has 2 aromatic carbocycles. The van der Waals surface area contributed by atoms with Crippen LogP contribution in [-0.2, 0) is 16.2 Å². The van der Waals surface area contributed by atoms with Crippen LogP contribution in [0.3, 0.4) is 0 Å². The normalized spacial score (nSPS) is 11.9. The van der Waals surface area contributed by atoms with Crippen LogP contribution in [0.1, 0.15) is 15.9 Å². The Morgan fingerprint density at radius 2 is 1.68 bits per heavy atom. The summed E-state index contributed by atoms with van der Waals surface area (Å²) in [6.45, 7) is 0. The van der Waals surface area contributed by atoms with Crippen LogP contribution in [0.4, 0.5) is 24.5 Å². The number of carbonyl (C=O) groups excluding carboxylic acids is 1. The lowest BCUT2D eigenvalue weighted by atomic mass is 10.1. The Labute approximate surface area is 146 Å². The molecule has 0 heterocycles. The number of alkyl halides is 3.